The van der Waals surface area contributed by atoms with Gasteiger partial charge in [-0.1, -0.05) is 28.1 Å². The lowest BCUT2D eigenvalue weighted by molar-refractivity contribution is -0.142. The molecule has 0 amide bonds. The van der Waals surface area contributed by atoms with Crippen molar-refractivity contribution in [3.63, 3.8) is 0 Å². The quantitative estimate of drug-likeness (QED) is 0.409. The molecular formula is C18H16BrFO3. The van der Waals surface area contributed by atoms with Crippen molar-refractivity contribution in [2.45, 2.75) is 19.3 Å². The first-order valence-electron chi connectivity index (χ1n) is 7.23. The van der Waals surface area contributed by atoms with Crippen LogP contribution in [0, 0.1) is 5.82 Å². The second-order valence-electron chi connectivity index (χ2n) is 5.06. The monoisotopic (exact) mass is 378 g/mol. The molecule has 0 fully saturated rings. The van der Waals surface area contributed by atoms with Gasteiger partial charge in [-0.25, -0.2) is 4.39 Å². The molecule has 0 aliphatic rings. The molecule has 0 radical (unpaired) electrons. The first-order chi connectivity index (χ1) is 11.0. The van der Waals surface area contributed by atoms with Crippen molar-refractivity contribution in [1.82, 2.24) is 0 Å². The van der Waals surface area contributed by atoms with E-state index in [9.17, 15) is 14.0 Å². The van der Waals surface area contributed by atoms with Gasteiger partial charge in [-0.2, -0.15) is 0 Å². The molecule has 2 rings (SSSR count). The van der Waals surface area contributed by atoms with Crippen LogP contribution in [0.25, 0.3) is 0 Å². The van der Waals surface area contributed by atoms with E-state index in [0.29, 0.717) is 12.0 Å². The van der Waals surface area contributed by atoms with Gasteiger partial charge in [0.15, 0.2) is 5.78 Å². The van der Waals surface area contributed by atoms with E-state index in [1.165, 1.54) is 24.3 Å². The summed E-state index contributed by atoms with van der Waals surface area (Å²) in [7, 11) is 0. The molecule has 23 heavy (non-hydrogen) atoms. The van der Waals surface area contributed by atoms with Crippen molar-refractivity contribution in [2.75, 3.05) is 6.61 Å². The van der Waals surface area contributed by atoms with Crippen LogP contribution in [0.15, 0.2) is 53.0 Å². The van der Waals surface area contributed by atoms with E-state index < -0.39 is 0 Å². The molecule has 0 aliphatic heterocycles. The highest BCUT2D eigenvalue weighted by Gasteiger charge is 2.08. The largest absolute Gasteiger partial charge is 0.465 e. The first-order valence-corrected chi connectivity index (χ1v) is 8.03. The van der Waals surface area contributed by atoms with Crippen molar-refractivity contribution in [3.8, 4) is 0 Å². The van der Waals surface area contributed by atoms with Crippen LogP contribution in [0.2, 0.25) is 0 Å². The summed E-state index contributed by atoms with van der Waals surface area (Å²) in [4.78, 5) is 23.5. The van der Waals surface area contributed by atoms with E-state index in [1.54, 1.807) is 0 Å². The predicted octanol–water partition coefficient (Wildman–Crippen LogP) is 4.34. The van der Waals surface area contributed by atoms with Gasteiger partial charge in [-0.3, -0.25) is 9.59 Å². The summed E-state index contributed by atoms with van der Waals surface area (Å²) in [6.07, 6.45) is 0.915. The van der Waals surface area contributed by atoms with Crippen molar-refractivity contribution >= 4 is 27.7 Å². The second-order valence-corrected chi connectivity index (χ2v) is 5.97. The highest BCUT2D eigenvalue weighted by molar-refractivity contribution is 9.10. The molecule has 5 heteroatoms. The molecule has 0 bridgehead atoms. The van der Waals surface area contributed by atoms with Gasteiger partial charge < -0.3 is 4.74 Å². The molecule has 0 heterocycles. The molecule has 0 saturated carbocycles. The number of halogens is 2. The molecular weight excluding hydrogens is 363 g/mol. The molecule has 0 atom stereocenters. The summed E-state index contributed by atoms with van der Waals surface area (Å²) in [5.41, 5.74) is 1.34. The van der Waals surface area contributed by atoms with Crippen LogP contribution in [0.3, 0.4) is 0 Å². The number of carbonyl (C=O) groups excluding carboxylic acids is 2. The van der Waals surface area contributed by atoms with Crippen LogP contribution < -0.4 is 0 Å². The minimum absolute atomic E-state index is 0.0889. The summed E-state index contributed by atoms with van der Waals surface area (Å²) < 4.78 is 18.8. The van der Waals surface area contributed by atoms with Gasteiger partial charge in [0.1, 0.15) is 5.82 Å². The number of rotatable bonds is 7. The molecule has 120 valence electrons. The van der Waals surface area contributed by atoms with Gasteiger partial charge in [0.25, 0.3) is 0 Å². The molecule has 2 aromatic rings. The fourth-order valence-electron chi connectivity index (χ4n) is 2.02. The topological polar surface area (TPSA) is 43.4 Å². The Bertz CT molecular complexity index is 666. The van der Waals surface area contributed by atoms with E-state index in [1.807, 2.05) is 24.3 Å². The molecule has 0 unspecified atom stereocenters. The fraction of sp³-hybridized carbons (Fsp3) is 0.222. The van der Waals surface area contributed by atoms with E-state index in [4.69, 9.17) is 4.74 Å². The van der Waals surface area contributed by atoms with Gasteiger partial charge in [0, 0.05) is 16.5 Å². The fourth-order valence-corrected chi connectivity index (χ4v) is 2.28. The van der Waals surface area contributed by atoms with Gasteiger partial charge in [0.2, 0.25) is 0 Å². The molecule has 2 aromatic carbocycles. The molecule has 0 aliphatic carbocycles. The summed E-state index contributed by atoms with van der Waals surface area (Å²) in [5, 5.41) is 0. The maximum atomic E-state index is 12.8. The van der Waals surface area contributed by atoms with Crippen LogP contribution >= 0.6 is 15.9 Å². The number of ketones is 1. The number of esters is 1. The minimum Gasteiger partial charge on any atom is -0.465 e. The Labute approximate surface area is 142 Å². The van der Waals surface area contributed by atoms with Gasteiger partial charge in [-0.15, -0.1) is 0 Å². The van der Waals surface area contributed by atoms with Crippen molar-refractivity contribution in [2.24, 2.45) is 0 Å². The lowest BCUT2D eigenvalue weighted by Gasteiger charge is -2.05. The summed E-state index contributed by atoms with van der Waals surface area (Å²) >= 11 is 3.33. The highest BCUT2D eigenvalue weighted by Crippen LogP contribution is 2.11. The highest BCUT2D eigenvalue weighted by atomic mass is 79.9. The Kier molecular flexibility index (Phi) is 6.47. The third-order valence-electron chi connectivity index (χ3n) is 3.24. The second kappa shape index (κ2) is 8.58. The number of benzene rings is 2. The summed E-state index contributed by atoms with van der Waals surface area (Å²) in [5.74, 6) is -0.779. The van der Waals surface area contributed by atoms with Gasteiger partial charge in [0.05, 0.1) is 13.0 Å². The Morgan fingerprint density at radius 1 is 1.00 bits per heavy atom. The molecule has 3 nitrogen and oxygen atoms in total. The van der Waals surface area contributed by atoms with Crippen LogP contribution in [0.1, 0.15) is 28.8 Å². The van der Waals surface area contributed by atoms with Crippen molar-refractivity contribution < 1.29 is 18.7 Å². The Balaban J connectivity index is 1.68. The Morgan fingerprint density at radius 2 is 1.65 bits per heavy atom. The maximum Gasteiger partial charge on any atom is 0.310 e. The number of carbonyl (C=O) groups is 2. The van der Waals surface area contributed by atoms with Crippen LogP contribution in [-0.2, 0) is 16.0 Å². The predicted molar refractivity (Wildman–Crippen MR) is 88.8 cm³/mol. The van der Waals surface area contributed by atoms with E-state index in [-0.39, 0.29) is 37.0 Å². The molecule has 0 saturated heterocycles. The third-order valence-corrected chi connectivity index (χ3v) is 3.77. The zero-order valence-corrected chi connectivity index (χ0v) is 14.0. The number of ether oxygens (including phenoxy) is 1. The van der Waals surface area contributed by atoms with E-state index >= 15 is 0 Å². The third kappa shape index (κ3) is 5.94. The Morgan fingerprint density at radius 3 is 2.30 bits per heavy atom. The van der Waals surface area contributed by atoms with Crippen LogP contribution in [-0.4, -0.2) is 18.4 Å². The Hall–Kier alpha value is -2.01. The molecule has 0 N–H and O–H groups in total. The van der Waals surface area contributed by atoms with Crippen LogP contribution in [0.4, 0.5) is 4.39 Å². The average Bonchev–Trinajstić information content (AvgIpc) is 2.54. The molecule has 0 spiro atoms. The van der Waals surface area contributed by atoms with Gasteiger partial charge >= 0.3 is 5.97 Å². The zero-order valence-electron chi connectivity index (χ0n) is 12.4. The average molecular weight is 379 g/mol. The number of hydrogen-bond donors (Lipinski definition) is 0. The normalized spacial score (nSPS) is 10.3. The maximum absolute atomic E-state index is 12.8. The summed E-state index contributed by atoms with van der Waals surface area (Å²) in [6, 6.07) is 12.9. The number of hydrogen-bond acceptors (Lipinski definition) is 3. The standard InChI is InChI=1S/C18H16BrFO3/c19-15-7-3-13(4-8-15)12-18(22)23-11-1-2-17(21)14-5-9-16(20)10-6-14/h3-10H,1-2,11-12H2. The van der Waals surface area contributed by atoms with E-state index in [2.05, 4.69) is 15.9 Å². The first kappa shape index (κ1) is 17.3. The zero-order chi connectivity index (χ0) is 16.7. The lowest BCUT2D eigenvalue weighted by atomic mass is 10.1. The smallest absolute Gasteiger partial charge is 0.310 e. The van der Waals surface area contributed by atoms with Crippen molar-refractivity contribution in [3.05, 3.63) is 69.9 Å². The van der Waals surface area contributed by atoms with E-state index in [0.717, 1.165) is 10.0 Å². The summed E-state index contributed by atoms with van der Waals surface area (Å²) in [6.45, 7) is 0.197. The van der Waals surface area contributed by atoms with Crippen LogP contribution in [0.5, 0.6) is 0 Å². The lowest BCUT2D eigenvalue weighted by Crippen LogP contribution is -2.10. The molecule has 0 aromatic heterocycles. The SMILES string of the molecule is O=C(Cc1ccc(Br)cc1)OCCCC(=O)c1ccc(F)cc1. The van der Waals surface area contributed by atoms with Crippen molar-refractivity contribution in [1.29, 1.82) is 0 Å². The number of Topliss-reactive ketones (excluding diaryl/α,β-unsaturated/α-hetero) is 1. The minimum atomic E-state index is -0.372. The van der Waals surface area contributed by atoms with Gasteiger partial charge in [-0.05, 0) is 48.4 Å².